The molecule has 1 N–H and O–H groups in total. The lowest BCUT2D eigenvalue weighted by Gasteiger charge is -2.29. The molecule has 1 aliphatic rings. The minimum atomic E-state index is 0.0479. The highest BCUT2D eigenvalue weighted by atomic mass is 16.2. The van der Waals surface area contributed by atoms with Crippen molar-refractivity contribution in [2.24, 2.45) is 5.92 Å². The number of hydrogen-bond acceptors (Lipinski definition) is 1. The lowest BCUT2D eigenvalue weighted by Crippen LogP contribution is -2.43. The molecule has 1 rings (SSSR count). The van der Waals surface area contributed by atoms with E-state index in [0.717, 1.165) is 18.8 Å². The Kier molecular flexibility index (Phi) is 4.23. The summed E-state index contributed by atoms with van der Waals surface area (Å²) in [6.45, 7) is 2.24. The average Bonchev–Trinajstić information content (AvgIpc) is 2.18. The van der Waals surface area contributed by atoms with Crippen molar-refractivity contribution in [3.63, 3.8) is 0 Å². The highest BCUT2D eigenvalue weighted by Crippen LogP contribution is 2.26. The van der Waals surface area contributed by atoms with Crippen LogP contribution in [-0.2, 0) is 0 Å². The maximum atomic E-state index is 11.4. The number of carbonyl (C=O) groups is 1. The van der Waals surface area contributed by atoms with Crippen LogP contribution >= 0.6 is 0 Å². The maximum Gasteiger partial charge on any atom is 0.317 e. The van der Waals surface area contributed by atoms with Crippen molar-refractivity contribution >= 4 is 6.03 Å². The fourth-order valence-electron chi connectivity index (χ4n) is 2.10. The highest BCUT2D eigenvalue weighted by molar-refractivity contribution is 5.73. The summed E-state index contributed by atoms with van der Waals surface area (Å²) in [5.74, 6) is 0.816. The second-order valence-electron chi connectivity index (χ2n) is 4.48. The van der Waals surface area contributed by atoms with E-state index >= 15 is 0 Å². The topological polar surface area (TPSA) is 32.3 Å². The fraction of sp³-hybridized carbons (Fsp3) is 0.909. The van der Waals surface area contributed by atoms with Crippen LogP contribution in [0.25, 0.3) is 0 Å². The van der Waals surface area contributed by atoms with Gasteiger partial charge in [-0.15, -0.1) is 0 Å². The molecule has 0 heterocycles. The van der Waals surface area contributed by atoms with Crippen LogP contribution in [0.1, 0.15) is 39.0 Å². The van der Waals surface area contributed by atoms with Gasteiger partial charge in [0.25, 0.3) is 0 Å². The first kappa shape index (κ1) is 11.3. The fourth-order valence-corrected chi connectivity index (χ4v) is 2.10. The van der Waals surface area contributed by atoms with Crippen molar-refractivity contribution in [1.82, 2.24) is 10.2 Å². The molecule has 2 atom stereocenters. The number of nitrogens with one attached hydrogen (secondary N) is 1. The number of amides is 2. The third-order valence-corrected chi connectivity index (χ3v) is 3.09. The summed E-state index contributed by atoms with van der Waals surface area (Å²) in [5.41, 5.74) is 0. The van der Waals surface area contributed by atoms with Crippen molar-refractivity contribution in [2.75, 3.05) is 14.1 Å². The molecule has 2 amide bonds. The van der Waals surface area contributed by atoms with Crippen LogP contribution in [-0.4, -0.2) is 31.1 Å². The van der Waals surface area contributed by atoms with Gasteiger partial charge >= 0.3 is 6.03 Å². The third kappa shape index (κ3) is 3.20. The Balaban J connectivity index is 2.34. The molecule has 3 nitrogen and oxygen atoms in total. The maximum absolute atomic E-state index is 11.4. The lowest BCUT2D eigenvalue weighted by atomic mass is 9.84. The SMILES string of the molecule is CC[C@@H]1CCC[C@@H](NC(=O)N(C)C)C1. The quantitative estimate of drug-likeness (QED) is 0.725. The van der Waals surface area contributed by atoms with E-state index in [0.29, 0.717) is 6.04 Å². The summed E-state index contributed by atoms with van der Waals surface area (Å²) in [5, 5.41) is 3.07. The Morgan fingerprint density at radius 3 is 2.71 bits per heavy atom. The molecule has 0 aliphatic heterocycles. The Bertz CT molecular complexity index is 192. The van der Waals surface area contributed by atoms with Crippen molar-refractivity contribution in [1.29, 1.82) is 0 Å². The Labute approximate surface area is 86.9 Å². The zero-order valence-electron chi connectivity index (χ0n) is 9.55. The Morgan fingerprint density at radius 2 is 2.14 bits per heavy atom. The van der Waals surface area contributed by atoms with E-state index in [4.69, 9.17) is 0 Å². The number of carbonyl (C=O) groups excluding carboxylic acids is 1. The van der Waals surface area contributed by atoms with Gasteiger partial charge in [0.2, 0.25) is 0 Å². The molecular formula is C11H22N2O. The Morgan fingerprint density at radius 1 is 1.43 bits per heavy atom. The summed E-state index contributed by atoms with van der Waals surface area (Å²) in [6, 6.07) is 0.454. The average molecular weight is 198 g/mol. The Hall–Kier alpha value is -0.730. The number of nitrogens with zero attached hydrogens (tertiary/aromatic N) is 1. The molecule has 1 fully saturated rings. The molecule has 0 saturated heterocycles. The molecule has 0 aromatic carbocycles. The number of rotatable bonds is 2. The van der Waals surface area contributed by atoms with Gasteiger partial charge in [-0.1, -0.05) is 26.2 Å². The van der Waals surface area contributed by atoms with Gasteiger partial charge in [0.1, 0.15) is 0 Å². The van der Waals surface area contributed by atoms with E-state index in [1.54, 1.807) is 19.0 Å². The molecule has 0 bridgehead atoms. The van der Waals surface area contributed by atoms with Crippen LogP contribution in [0.4, 0.5) is 4.79 Å². The van der Waals surface area contributed by atoms with Gasteiger partial charge in [-0.05, 0) is 18.8 Å². The number of urea groups is 1. The van der Waals surface area contributed by atoms with Crippen LogP contribution in [0.3, 0.4) is 0 Å². The van der Waals surface area contributed by atoms with Crippen molar-refractivity contribution in [3.05, 3.63) is 0 Å². The van der Waals surface area contributed by atoms with Gasteiger partial charge in [-0.3, -0.25) is 0 Å². The van der Waals surface area contributed by atoms with Gasteiger partial charge in [0.05, 0.1) is 0 Å². The predicted molar refractivity (Wildman–Crippen MR) is 58.3 cm³/mol. The molecule has 3 heteroatoms. The molecule has 0 spiro atoms. The molecule has 1 aliphatic carbocycles. The third-order valence-electron chi connectivity index (χ3n) is 3.09. The summed E-state index contributed by atoms with van der Waals surface area (Å²) in [4.78, 5) is 13.0. The smallest absolute Gasteiger partial charge is 0.317 e. The highest BCUT2D eigenvalue weighted by Gasteiger charge is 2.22. The van der Waals surface area contributed by atoms with E-state index in [9.17, 15) is 4.79 Å². The van der Waals surface area contributed by atoms with Gasteiger partial charge in [0, 0.05) is 20.1 Å². The minimum absolute atomic E-state index is 0.0479. The van der Waals surface area contributed by atoms with Crippen LogP contribution in [0, 0.1) is 5.92 Å². The first-order valence-electron chi connectivity index (χ1n) is 5.61. The van der Waals surface area contributed by atoms with Gasteiger partial charge in [-0.25, -0.2) is 4.79 Å². The standard InChI is InChI=1S/C11H22N2O/c1-4-9-6-5-7-10(8-9)12-11(14)13(2)3/h9-10H,4-8H2,1-3H3,(H,12,14)/t9-,10-/m1/s1. The molecule has 0 aromatic rings. The van der Waals surface area contributed by atoms with Gasteiger partial charge in [0.15, 0.2) is 0 Å². The zero-order valence-corrected chi connectivity index (χ0v) is 9.55. The normalized spacial score (nSPS) is 27.1. The molecular weight excluding hydrogens is 176 g/mol. The summed E-state index contributed by atoms with van der Waals surface area (Å²) in [7, 11) is 3.57. The lowest BCUT2D eigenvalue weighted by molar-refractivity contribution is 0.202. The molecule has 0 aromatic heterocycles. The predicted octanol–water partition coefficient (Wildman–Crippen LogP) is 2.23. The molecule has 82 valence electrons. The largest absolute Gasteiger partial charge is 0.335 e. The van der Waals surface area contributed by atoms with E-state index in [1.807, 2.05) is 0 Å². The zero-order chi connectivity index (χ0) is 10.6. The van der Waals surface area contributed by atoms with Crippen molar-refractivity contribution in [3.8, 4) is 0 Å². The molecule has 0 unspecified atom stereocenters. The van der Waals surface area contributed by atoms with E-state index in [1.165, 1.54) is 19.3 Å². The van der Waals surface area contributed by atoms with Crippen molar-refractivity contribution < 1.29 is 4.79 Å². The van der Waals surface area contributed by atoms with Gasteiger partial charge < -0.3 is 10.2 Å². The molecule has 0 radical (unpaired) electrons. The number of hydrogen-bond donors (Lipinski definition) is 1. The van der Waals surface area contributed by atoms with E-state index in [2.05, 4.69) is 12.2 Å². The first-order chi connectivity index (χ1) is 6.63. The monoisotopic (exact) mass is 198 g/mol. The first-order valence-corrected chi connectivity index (χ1v) is 5.61. The van der Waals surface area contributed by atoms with Gasteiger partial charge in [-0.2, -0.15) is 0 Å². The van der Waals surface area contributed by atoms with Crippen LogP contribution in [0.15, 0.2) is 0 Å². The van der Waals surface area contributed by atoms with Crippen LogP contribution in [0.2, 0.25) is 0 Å². The second kappa shape index (κ2) is 5.23. The summed E-state index contributed by atoms with van der Waals surface area (Å²) >= 11 is 0. The van der Waals surface area contributed by atoms with Crippen molar-refractivity contribution in [2.45, 2.75) is 45.1 Å². The van der Waals surface area contributed by atoms with Crippen LogP contribution < -0.4 is 5.32 Å². The molecule has 14 heavy (non-hydrogen) atoms. The summed E-state index contributed by atoms with van der Waals surface area (Å²) < 4.78 is 0. The summed E-state index contributed by atoms with van der Waals surface area (Å²) in [6.07, 6.45) is 6.15. The van der Waals surface area contributed by atoms with E-state index in [-0.39, 0.29) is 6.03 Å². The minimum Gasteiger partial charge on any atom is -0.335 e. The molecule has 1 saturated carbocycles. The van der Waals surface area contributed by atoms with E-state index < -0.39 is 0 Å². The van der Waals surface area contributed by atoms with Crippen LogP contribution in [0.5, 0.6) is 0 Å². The second-order valence-corrected chi connectivity index (χ2v) is 4.48.